The lowest BCUT2D eigenvalue weighted by Gasteiger charge is -2.13. The topological polar surface area (TPSA) is 67.4 Å². The van der Waals surface area contributed by atoms with Crippen molar-refractivity contribution in [1.82, 2.24) is 5.32 Å². The van der Waals surface area contributed by atoms with Gasteiger partial charge in [-0.25, -0.2) is 0 Å². The molecule has 2 rings (SSSR count). The van der Waals surface area contributed by atoms with Gasteiger partial charge in [0, 0.05) is 17.5 Å². The summed E-state index contributed by atoms with van der Waals surface area (Å²) < 4.78 is 5.70. The van der Waals surface area contributed by atoms with Crippen LogP contribution in [0, 0.1) is 6.92 Å². The van der Waals surface area contributed by atoms with Crippen molar-refractivity contribution < 1.29 is 14.3 Å². The van der Waals surface area contributed by atoms with Gasteiger partial charge in [-0.2, -0.15) is 0 Å². The second kappa shape index (κ2) is 9.97. The highest BCUT2D eigenvalue weighted by atomic mass is 35.5. The van der Waals surface area contributed by atoms with Crippen LogP contribution in [0.3, 0.4) is 0 Å². The van der Waals surface area contributed by atoms with Gasteiger partial charge in [0.15, 0.2) is 0 Å². The molecule has 0 unspecified atom stereocenters. The smallest absolute Gasteiger partial charge is 0.253 e. The maximum absolute atomic E-state index is 12.2. The molecule has 2 amide bonds. The van der Waals surface area contributed by atoms with E-state index in [0.29, 0.717) is 35.7 Å². The zero-order chi connectivity index (χ0) is 19.8. The lowest BCUT2D eigenvalue weighted by molar-refractivity contribution is -0.116. The first kappa shape index (κ1) is 20.8. The summed E-state index contributed by atoms with van der Waals surface area (Å²) in [6.07, 6.45) is 0.862. The van der Waals surface area contributed by atoms with Crippen molar-refractivity contribution in [3.8, 4) is 5.75 Å². The molecule has 0 spiro atoms. The number of carbonyl (C=O) groups excluding carboxylic acids is 2. The first-order valence-electron chi connectivity index (χ1n) is 8.95. The Bertz CT molecular complexity index is 806. The number of amides is 2. The molecule has 2 N–H and O–H groups in total. The Hall–Kier alpha value is -2.53. The van der Waals surface area contributed by atoms with Crippen LogP contribution in [-0.2, 0) is 4.79 Å². The molecule has 144 valence electrons. The zero-order valence-electron chi connectivity index (χ0n) is 15.8. The number of benzene rings is 2. The number of hydrogen-bond donors (Lipinski definition) is 2. The molecule has 0 aliphatic heterocycles. The van der Waals surface area contributed by atoms with Gasteiger partial charge in [-0.1, -0.05) is 23.7 Å². The average molecular weight is 389 g/mol. The van der Waals surface area contributed by atoms with Crippen molar-refractivity contribution in [3.63, 3.8) is 0 Å². The summed E-state index contributed by atoms with van der Waals surface area (Å²) in [7, 11) is 0. The van der Waals surface area contributed by atoms with Crippen LogP contribution in [0.2, 0.25) is 5.02 Å². The molecule has 0 saturated carbocycles. The normalized spacial score (nSPS) is 10.6. The molecule has 0 radical (unpaired) electrons. The summed E-state index contributed by atoms with van der Waals surface area (Å²) in [5.41, 5.74) is 1.92. The maximum atomic E-state index is 12.2. The zero-order valence-corrected chi connectivity index (χ0v) is 16.6. The number of ether oxygens (including phenoxy) is 1. The molecule has 0 fully saturated rings. The summed E-state index contributed by atoms with van der Waals surface area (Å²) in [5, 5.41) is 6.31. The molecule has 6 heteroatoms. The van der Waals surface area contributed by atoms with Crippen LogP contribution < -0.4 is 15.4 Å². The Morgan fingerprint density at radius 1 is 1.15 bits per heavy atom. The third-order valence-electron chi connectivity index (χ3n) is 3.81. The van der Waals surface area contributed by atoms with Crippen LogP contribution in [0.25, 0.3) is 0 Å². The molecule has 0 heterocycles. The van der Waals surface area contributed by atoms with Gasteiger partial charge in [-0.3, -0.25) is 9.59 Å². The first-order valence-corrected chi connectivity index (χ1v) is 9.33. The fourth-order valence-corrected chi connectivity index (χ4v) is 2.76. The van der Waals surface area contributed by atoms with Crippen LogP contribution in [0.1, 0.15) is 42.6 Å². The second-order valence-corrected chi connectivity index (χ2v) is 7.02. The van der Waals surface area contributed by atoms with Crippen LogP contribution in [0.15, 0.2) is 42.5 Å². The van der Waals surface area contributed by atoms with E-state index in [-0.39, 0.29) is 17.9 Å². The number of anilines is 1. The number of hydrogen-bond acceptors (Lipinski definition) is 3. The first-order chi connectivity index (χ1) is 12.9. The van der Waals surface area contributed by atoms with Gasteiger partial charge < -0.3 is 15.4 Å². The van der Waals surface area contributed by atoms with E-state index >= 15 is 0 Å². The summed E-state index contributed by atoms with van der Waals surface area (Å²) >= 11 is 5.92. The minimum absolute atomic E-state index is 0.0229. The van der Waals surface area contributed by atoms with Gasteiger partial charge in [-0.15, -0.1) is 0 Å². The summed E-state index contributed by atoms with van der Waals surface area (Å²) in [6, 6.07) is 12.4. The number of aryl methyl sites for hydroxylation is 1. The minimum atomic E-state index is -0.206. The van der Waals surface area contributed by atoms with E-state index in [2.05, 4.69) is 10.6 Å². The highest BCUT2D eigenvalue weighted by Gasteiger charge is 2.13. The number of halogens is 1. The van der Waals surface area contributed by atoms with E-state index in [1.165, 1.54) is 0 Å². The second-order valence-electron chi connectivity index (χ2n) is 6.58. The van der Waals surface area contributed by atoms with Gasteiger partial charge in [0.05, 0.1) is 17.9 Å². The predicted octanol–water partition coefficient (Wildman–Crippen LogP) is 4.58. The highest BCUT2D eigenvalue weighted by Crippen LogP contribution is 2.22. The molecule has 5 nitrogen and oxygen atoms in total. The van der Waals surface area contributed by atoms with Crippen LogP contribution in [-0.4, -0.2) is 24.5 Å². The Balaban J connectivity index is 1.85. The lowest BCUT2D eigenvalue weighted by Crippen LogP contribution is -2.31. The average Bonchev–Trinajstić information content (AvgIpc) is 2.60. The van der Waals surface area contributed by atoms with Gasteiger partial charge in [0.25, 0.3) is 5.91 Å². The van der Waals surface area contributed by atoms with Crippen LogP contribution in [0.4, 0.5) is 5.69 Å². The third kappa shape index (κ3) is 6.61. The number of carbonyl (C=O) groups is 2. The summed E-state index contributed by atoms with van der Waals surface area (Å²) in [6.45, 7) is 6.13. The molecule has 0 saturated heterocycles. The minimum Gasteiger partial charge on any atom is -0.493 e. The third-order valence-corrected chi connectivity index (χ3v) is 4.04. The number of nitrogens with one attached hydrogen (secondary N) is 2. The molecule has 0 aliphatic carbocycles. The molecule has 0 aromatic heterocycles. The van der Waals surface area contributed by atoms with Crippen molar-refractivity contribution in [3.05, 3.63) is 58.6 Å². The predicted molar refractivity (Wildman–Crippen MR) is 109 cm³/mol. The standard InChI is InChI=1S/C21H25ClN2O3/c1-14(2)23-21(26)17-7-4-5-8-18(17)24-20(25)9-6-12-27-19-11-10-16(22)13-15(19)3/h4-5,7-8,10-11,13-14H,6,9,12H2,1-3H3,(H,23,26)(H,24,25). The van der Waals surface area contributed by atoms with Crippen LogP contribution in [0.5, 0.6) is 5.75 Å². The molecule has 0 bridgehead atoms. The van der Waals surface area contributed by atoms with Crippen molar-refractivity contribution in [2.24, 2.45) is 0 Å². The maximum Gasteiger partial charge on any atom is 0.253 e. The molecule has 27 heavy (non-hydrogen) atoms. The molecule has 0 aliphatic rings. The van der Waals surface area contributed by atoms with E-state index in [0.717, 1.165) is 11.3 Å². The Kier molecular flexibility index (Phi) is 7.67. The largest absolute Gasteiger partial charge is 0.493 e. The van der Waals surface area contributed by atoms with Crippen molar-refractivity contribution in [2.75, 3.05) is 11.9 Å². The van der Waals surface area contributed by atoms with Crippen LogP contribution >= 0.6 is 11.6 Å². The van der Waals surface area contributed by atoms with Gasteiger partial charge >= 0.3 is 0 Å². The van der Waals surface area contributed by atoms with Crippen molar-refractivity contribution in [1.29, 1.82) is 0 Å². The fourth-order valence-electron chi connectivity index (χ4n) is 2.53. The van der Waals surface area contributed by atoms with E-state index in [1.54, 1.807) is 30.3 Å². The lowest BCUT2D eigenvalue weighted by atomic mass is 10.1. The quantitative estimate of drug-likeness (QED) is 0.650. The van der Waals surface area contributed by atoms with Crippen molar-refractivity contribution >= 4 is 29.1 Å². The molecule has 2 aromatic carbocycles. The van der Waals surface area contributed by atoms with Gasteiger partial charge in [0.1, 0.15) is 5.75 Å². The monoisotopic (exact) mass is 388 g/mol. The van der Waals surface area contributed by atoms with E-state index in [9.17, 15) is 9.59 Å². The molecule has 0 atom stereocenters. The van der Waals surface area contributed by atoms with Crippen molar-refractivity contribution in [2.45, 2.75) is 39.7 Å². The molecular weight excluding hydrogens is 364 g/mol. The van der Waals surface area contributed by atoms with E-state index in [1.807, 2.05) is 32.9 Å². The Morgan fingerprint density at radius 3 is 2.59 bits per heavy atom. The van der Waals surface area contributed by atoms with E-state index in [4.69, 9.17) is 16.3 Å². The van der Waals surface area contributed by atoms with Gasteiger partial charge in [0.2, 0.25) is 5.91 Å². The fraction of sp³-hybridized carbons (Fsp3) is 0.333. The SMILES string of the molecule is Cc1cc(Cl)ccc1OCCCC(=O)Nc1ccccc1C(=O)NC(C)C. The number of para-hydroxylation sites is 1. The number of rotatable bonds is 8. The summed E-state index contributed by atoms with van der Waals surface area (Å²) in [4.78, 5) is 24.5. The Morgan fingerprint density at radius 2 is 1.89 bits per heavy atom. The molecular formula is C21H25ClN2O3. The van der Waals surface area contributed by atoms with E-state index < -0.39 is 0 Å². The summed E-state index contributed by atoms with van der Waals surface area (Å²) in [5.74, 6) is 0.397. The molecule has 2 aromatic rings. The van der Waals surface area contributed by atoms with Gasteiger partial charge in [-0.05, 0) is 63.1 Å². The highest BCUT2D eigenvalue weighted by molar-refractivity contribution is 6.30. The Labute approximate surface area is 165 Å².